The third-order valence-electron chi connectivity index (χ3n) is 4.13. The number of methoxy groups -OCH3 is 1. The topological polar surface area (TPSA) is 60.2 Å². The van der Waals surface area contributed by atoms with E-state index in [1.54, 1.807) is 7.11 Å². The Bertz CT molecular complexity index is 599. The van der Waals surface area contributed by atoms with Crippen LogP contribution in [-0.4, -0.2) is 24.2 Å². The van der Waals surface area contributed by atoms with Crippen molar-refractivity contribution in [2.75, 3.05) is 12.4 Å². The van der Waals surface area contributed by atoms with Gasteiger partial charge in [0.1, 0.15) is 11.6 Å². The second-order valence-electron chi connectivity index (χ2n) is 5.41. The van der Waals surface area contributed by atoms with Gasteiger partial charge < -0.3 is 15.8 Å². The van der Waals surface area contributed by atoms with E-state index in [-0.39, 0.29) is 6.04 Å². The summed E-state index contributed by atoms with van der Waals surface area (Å²) in [6.45, 7) is 0. The number of hydrogen-bond donors (Lipinski definition) is 2. The van der Waals surface area contributed by atoms with Crippen LogP contribution in [0.4, 0.5) is 5.82 Å². The van der Waals surface area contributed by atoms with E-state index >= 15 is 0 Å². The van der Waals surface area contributed by atoms with Crippen molar-refractivity contribution >= 4 is 16.6 Å². The molecule has 1 aromatic heterocycles. The Labute approximate surface area is 119 Å². The Morgan fingerprint density at radius 3 is 2.85 bits per heavy atom. The van der Waals surface area contributed by atoms with Crippen LogP contribution in [-0.2, 0) is 0 Å². The van der Waals surface area contributed by atoms with Crippen LogP contribution >= 0.6 is 0 Å². The van der Waals surface area contributed by atoms with E-state index in [4.69, 9.17) is 10.5 Å². The largest absolute Gasteiger partial charge is 0.496 e. The number of rotatable bonds is 3. The predicted octanol–water partition coefficient (Wildman–Crippen LogP) is 2.93. The van der Waals surface area contributed by atoms with E-state index in [0.29, 0.717) is 6.04 Å². The minimum atomic E-state index is 0.214. The number of anilines is 1. The second-order valence-corrected chi connectivity index (χ2v) is 5.41. The van der Waals surface area contributed by atoms with Crippen LogP contribution in [0.25, 0.3) is 10.8 Å². The van der Waals surface area contributed by atoms with Crippen LogP contribution < -0.4 is 15.8 Å². The fraction of sp³-hybridized carbons (Fsp3) is 0.438. The van der Waals surface area contributed by atoms with Gasteiger partial charge in [-0.05, 0) is 25.0 Å². The van der Waals surface area contributed by atoms with Crippen LogP contribution in [0, 0.1) is 0 Å². The lowest BCUT2D eigenvalue weighted by atomic mass is 9.91. The predicted molar refractivity (Wildman–Crippen MR) is 82.1 cm³/mol. The first-order valence-electron chi connectivity index (χ1n) is 7.23. The number of fused-ring (bicyclic) bond motifs is 1. The van der Waals surface area contributed by atoms with Crippen molar-refractivity contribution in [3.63, 3.8) is 0 Å². The summed E-state index contributed by atoms with van der Waals surface area (Å²) in [6.07, 6.45) is 6.49. The average molecular weight is 271 g/mol. The van der Waals surface area contributed by atoms with Crippen molar-refractivity contribution in [2.45, 2.75) is 37.8 Å². The standard InChI is InChI=1S/C16H21N3O/c1-20-15-8-4-5-12-11(15)9-10-18-16(12)19-14-7-3-2-6-13(14)17/h4-5,8-10,13-14H,2-3,6-7,17H2,1H3,(H,18,19). The highest BCUT2D eigenvalue weighted by atomic mass is 16.5. The van der Waals surface area contributed by atoms with Crippen molar-refractivity contribution in [3.05, 3.63) is 30.5 Å². The summed E-state index contributed by atoms with van der Waals surface area (Å²) >= 11 is 0. The molecule has 106 valence electrons. The SMILES string of the molecule is COc1cccc2c(NC3CCCCC3N)nccc12. The molecule has 1 fully saturated rings. The van der Waals surface area contributed by atoms with Crippen molar-refractivity contribution in [2.24, 2.45) is 5.73 Å². The first-order chi connectivity index (χ1) is 9.79. The Kier molecular flexibility index (Phi) is 3.74. The van der Waals surface area contributed by atoms with E-state index in [1.807, 2.05) is 24.4 Å². The van der Waals surface area contributed by atoms with Gasteiger partial charge in [0.15, 0.2) is 0 Å². The quantitative estimate of drug-likeness (QED) is 0.901. The van der Waals surface area contributed by atoms with Crippen LogP contribution in [0.5, 0.6) is 5.75 Å². The Morgan fingerprint density at radius 1 is 1.20 bits per heavy atom. The molecule has 2 atom stereocenters. The highest BCUT2D eigenvalue weighted by Crippen LogP contribution is 2.30. The Balaban J connectivity index is 1.95. The number of benzene rings is 1. The van der Waals surface area contributed by atoms with E-state index in [0.717, 1.165) is 35.2 Å². The third-order valence-corrected chi connectivity index (χ3v) is 4.13. The molecule has 1 aliphatic carbocycles. The molecule has 1 saturated carbocycles. The van der Waals surface area contributed by atoms with Gasteiger partial charge in [-0.15, -0.1) is 0 Å². The third kappa shape index (κ3) is 2.43. The minimum absolute atomic E-state index is 0.214. The highest BCUT2D eigenvalue weighted by Gasteiger charge is 2.22. The van der Waals surface area contributed by atoms with Gasteiger partial charge in [0, 0.05) is 29.1 Å². The maximum Gasteiger partial charge on any atom is 0.134 e. The summed E-state index contributed by atoms with van der Waals surface area (Å²) in [4.78, 5) is 4.49. The second kappa shape index (κ2) is 5.67. The van der Waals surface area contributed by atoms with Crippen molar-refractivity contribution in [1.82, 2.24) is 4.98 Å². The summed E-state index contributed by atoms with van der Waals surface area (Å²) in [6, 6.07) is 8.55. The fourth-order valence-electron chi connectivity index (χ4n) is 2.99. The molecule has 0 amide bonds. The maximum atomic E-state index is 6.21. The van der Waals surface area contributed by atoms with E-state index in [9.17, 15) is 0 Å². The van der Waals surface area contributed by atoms with Gasteiger partial charge in [-0.1, -0.05) is 25.0 Å². The molecular formula is C16H21N3O. The number of hydrogen-bond acceptors (Lipinski definition) is 4. The van der Waals surface area contributed by atoms with Crippen LogP contribution in [0.1, 0.15) is 25.7 Å². The summed E-state index contributed by atoms with van der Waals surface area (Å²) in [5, 5.41) is 5.70. The van der Waals surface area contributed by atoms with Gasteiger partial charge >= 0.3 is 0 Å². The van der Waals surface area contributed by atoms with E-state index in [1.165, 1.54) is 12.8 Å². The number of nitrogens with two attached hydrogens (primary N) is 1. The normalized spacial score (nSPS) is 22.7. The van der Waals surface area contributed by atoms with Crippen molar-refractivity contribution in [1.29, 1.82) is 0 Å². The van der Waals surface area contributed by atoms with Crippen molar-refractivity contribution in [3.8, 4) is 5.75 Å². The zero-order chi connectivity index (χ0) is 13.9. The lowest BCUT2D eigenvalue weighted by Gasteiger charge is -2.30. The molecule has 20 heavy (non-hydrogen) atoms. The van der Waals surface area contributed by atoms with Crippen LogP contribution in [0.3, 0.4) is 0 Å². The zero-order valence-electron chi connectivity index (χ0n) is 11.8. The van der Waals surface area contributed by atoms with Crippen LogP contribution in [0.15, 0.2) is 30.5 Å². The molecule has 0 aliphatic heterocycles. The number of ether oxygens (including phenoxy) is 1. The smallest absolute Gasteiger partial charge is 0.134 e. The molecule has 3 rings (SSSR count). The molecule has 0 saturated heterocycles. The molecule has 1 aromatic carbocycles. The van der Waals surface area contributed by atoms with E-state index in [2.05, 4.69) is 16.4 Å². The van der Waals surface area contributed by atoms with Crippen molar-refractivity contribution < 1.29 is 4.74 Å². The molecular weight excluding hydrogens is 250 g/mol. The lowest BCUT2D eigenvalue weighted by molar-refractivity contribution is 0.403. The highest BCUT2D eigenvalue weighted by molar-refractivity contribution is 5.95. The molecule has 0 radical (unpaired) electrons. The fourth-order valence-corrected chi connectivity index (χ4v) is 2.99. The first-order valence-corrected chi connectivity index (χ1v) is 7.23. The number of aromatic nitrogens is 1. The summed E-state index contributed by atoms with van der Waals surface area (Å²) in [5.41, 5.74) is 6.21. The number of nitrogens with one attached hydrogen (secondary N) is 1. The molecule has 0 spiro atoms. The summed E-state index contributed by atoms with van der Waals surface area (Å²) in [7, 11) is 1.69. The molecule has 2 unspecified atom stereocenters. The number of pyridine rings is 1. The number of nitrogens with zero attached hydrogens (tertiary/aromatic N) is 1. The minimum Gasteiger partial charge on any atom is -0.496 e. The zero-order valence-corrected chi connectivity index (χ0v) is 11.8. The molecule has 4 heteroatoms. The Morgan fingerprint density at radius 2 is 2.05 bits per heavy atom. The maximum absolute atomic E-state index is 6.21. The molecule has 3 N–H and O–H groups in total. The lowest BCUT2D eigenvalue weighted by Crippen LogP contribution is -2.42. The van der Waals surface area contributed by atoms with Gasteiger partial charge in [-0.25, -0.2) is 4.98 Å². The molecule has 2 aromatic rings. The molecule has 1 heterocycles. The molecule has 1 aliphatic rings. The van der Waals surface area contributed by atoms with Crippen LogP contribution in [0.2, 0.25) is 0 Å². The van der Waals surface area contributed by atoms with Gasteiger partial charge in [0.25, 0.3) is 0 Å². The molecule has 0 bridgehead atoms. The molecule has 4 nitrogen and oxygen atoms in total. The first kappa shape index (κ1) is 13.2. The van der Waals surface area contributed by atoms with Gasteiger partial charge in [0.05, 0.1) is 7.11 Å². The van der Waals surface area contributed by atoms with Gasteiger partial charge in [0.2, 0.25) is 0 Å². The van der Waals surface area contributed by atoms with E-state index < -0.39 is 0 Å². The van der Waals surface area contributed by atoms with Gasteiger partial charge in [-0.2, -0.15) is 0 Å². The monoisotopic (exact) mass is 271 g/mol. The average Bonchev–Trinajstić information content (AvgIpc) is 2.49. The summed E-state index contributed by atoms with van der Waals surface area (Å²) in [5.74, 6) is 1.78. The summed E-state index contributed by atoms with van der Waals surface area (Å²) < 4.78 is 5.41. The Hall–Kier alpha value is -1.81. The van der Waals surface area contributed by atoms with Gasteiger partial charge in [-0.3, -0.25) is 0 Å².